The molecule has 1 saturated heterocycles. The Balaban J connectivity index is 0.00000204. The van der Waals surface area contributed by atoms with Gasteiger partial charge in [-0.15, -0.1) is 11.8 Å². The minimum absolute atomic E-state index is 0. The molecule has 5 nitrogen and oxygen atoms in total. The summed E-state index contributed by atoms with van der Waals surface area (Å²) in [6.45, 7) is 5.58. The number of hydrogen-bond donors (Lipinski definition) is 5. The number of aromatic hydroxyl groups is 1. The van der Waals surface area contributed by atoms with E-state index in [4.69, 9.17) is 0 Å². The van der Waals surface area contributed by atoms with Crippen LogP contribution in [-0.4, -0.2) is 55.7 Å². The number of phenolic OH excluding ortho intramolecular Hbond substituents is 1. The standard InChI is InChI=1S/C20H23O5S.C2H6.CH3.Y/c1-11-7-15(22)14(9-13(11)8-12-5-3-2-4-6-12)20-19(25)18(24)17(23)16(10-21)26-20;1-2;;/h3-7,9,16-25H,8,10H2,1H3;1-2H3;1H3;/q-1;;-1;/t16-,17-,18+,19-,20+;;;/m1.../s1. The molecule has 1 radical (unpaired) electrons. The van der Waals surface area contributed by atoms with Crippen molar-refractivity contribution in [3.63, 3.8) is 0 Å². The van der Waals surface area contributed by atoms with Gasteiger partial charge >= 0.3 is 0 Å². The van der Waals surface area contributed by atoms with E-state index in [0.717, 1.165) is 28.5 Å². The van der Waals surface area contributed by atoms with Crippen LogP contribution in [0.2, 0.25) is 0 Å². The number of rotatable bonds is 4. The molecule has 5 atom stereocenters. The largest absolute Gasteiger partial charge is 0.508 e. The molecule has 30 heavy (non-hydrogen) atoms. The van der Waals surface area contributed by atoms with Crippen molar-refractivity contribution in [3.8, 4) is 5.75 Å². The van der Waals surface area contributed by atoms with Crippen LogP contribution in [0.25, 0.3) is 0 Å². The maximum atomic E-state index is 10.4. The van der Waals surface area contributed by atoms with E-state index in [1.807, 2.05) is 51.1 Å². The van der Waals surface area contributed by atoms with Crippen LogP contribution in [0.3, 0.4) is 0 Å². The molecule has 0 amide bonds. The average Bonchev–Trinajstić information content (AvgIpc) is 2.71. The molecule has 1 aliphatic heterocycles. The maximum Gasteiger partial charge on any atom is 0.120 e. The van der Waals surface area contributed by atoms with Crippen LogP contribution in [0.1, 0.15) is 41.4 Å². The number of aliphatic hydroxyl groups is 4. The maximum absolute atomic E-state index is 10.4. The number of aliphatic hydroxyl groups excluding tert-OH is 4. The Kier molecular flexibility index (Phi) is 13.6. The molecule has 0 aliphatic carbocycles. The minimum Gasteiger partial charge on any atom is -0.508 e. The summed E-state index contributed by atoms with van der Waals surface area (Å²) in [5.41, 5.74) is 3.52. The van der Waals surface area contributed by atoms with Gasteiger partial charge in [0.1, 0.15) is 11.9 Å². The molecule has 0 bridgehead atoms. The molecule has 1 heterocycles. The molecule has 1 aliphatic rings. The van der Waals surface area contributed by atoms with Crippen LogP contribution in [-0.2, 0) is 39.1 Å². The summed E-state index contributed by atoms with van der Waals surface area (Å²) in [5.74, 6) is 0.0319. The van der Waals surface area contributed by atoms with Crippen molar-refractivity contribution >= 4 is 11.8 Å². The Hall–Kier alpha value is -0.466. The molecule has 2 aromatic rings. The van der Waals surface area contributed by atoms with E-state index < -0.39 is 28.8 Å². The fraction of sp³-hybridized carbons (Fsp3) is 0.435. The van der Waals surface area contributed by atoms with Gasteiger partial charge < -0.3 is 33.0 Å². The van der Waals surface area contributed by atoms with E-state index in [9.17, 15) is 25.5 Å². The van der Waals surface area contributed by atoms with Crippen LogP contribution in [0, 0.1) is 20.4 Å². The van der Waals surface area contributed by atoms with Gasteiger partial charge in [0.05, 0.1) is 29.3 Å². The van der Waals surface area contributed by atoms with Gasteiger partial charge in [0.15, 0.2) is 0 Å². The summed E-state index contributed by atoms with van der Waals surface area (Å²) in [4.78, 5) is 0. The van der Waals surface area contributed by atoms with Crippen LogP contribution in [0.5, 0.6) is 5.75 Å². The molecule has 1 fully saturated rings. The quantitative estimate of drug-likeness (QED) is 0.407. The Morgan fingerprint density at radius 2 is 1.60 bits per heavy atom. The van der Waals surface area contributed by atoms with Crippen molar-refractivity contribution in [2.24, 2.45) is 0 Å². The molecule has 0 spiro atoms. The van der Waals surface area contributed by atoms with Gasteiger partial charge in [0.25, 0.3) is 0 Å². The molecule has 165 valence electrons. The zero-order valence-electron chi connectivity index (χ0n) is 18.0. The third kappa shape index (κ3) is 6.76. The SMILES string of the molecule is CC.Cc1cc(O)c([C@@H]2S[C@H](CO)[C@@H](O)[C@H](O)[C@H]2O)cc1Cc1cc[c-]cc1.[CH3-].[Y]. The first-order chi connectivity index (χ1) is 13.4. The number of benzene rings is 2. The van der Waals surface area contributed by atoms with Gasteiger partial charge in [-0.25, -0.2) is 0 Å². The smallest absolute Gasteiger partial charge is 0.120 e. The van der Waals surface area contributed by atoms with Crippen molar-refractivity contribution in [2.75, 3.05) is 6.61 Å². The average molecular weight is 509 g/mol. The Morgan fingerprint density at radius 1 is 1.00 bits per heavy atom. The number of phenols is 1. The predicted octanol–water partition coefficient (Wildman–Crippen LogP) is 2.80. The van der Waals surface area contributed by atoms with Gasteiger partial charge in [-0.05, 0) is 30.5 Å². The Morgan fingerprint density at radius 3 is 2.17 bits per heavy atom. The summed E-state index contributed by atoms with van der Waals surface area (Å²) in [6, 6.07) is 14.1. The second-order valence-corrected chi connectivity index (χ2v) is 8.06. The van der Waals surface area contributed by atoms with Crippen LogP contribution >= 0.6 is 11.8 Å². The first-order valence-corrected chi connectivity index (χ1v) is 10.4. The van der Waals surface area contributed by atoms with Gasteiger partial charge in [-0.1, -0.05) is 19.9 Å². The fourth-order valence-corrected chi connectivity index (χ4v) is 4.73. The summed E-state index contributed by atoms with van der Waals surface area (Å²) < 4.78 is 0. The number of hydrogen-bond acceptors (Lipinski definition) is 6. The second kappa shape index (κ2) is 13.8. The topological polar surface area (TPSA) is 101 Å². The molecule has 2 aromatic carbocycles. The molecule has 3 rings (SSSR count). The molecular formula is C23H32O5SY-2. The van der Waals surface area contributed by atoms with Gasteiger partial charge in [0.2, 0.25) is 0 Å². The van der Waals surface area contributed by atoms with E-state index >= 15 is 0 Å². The monoisotopic (exact) mass is 509 g/mol. The molecule has 0 unspecified atom stereocenters. The van der Waals surface area contributed by atoms with Crippen molar-refractivity contribution in [2.45, 2.75) is 56.0 Å². The minimum atomic E-state index is -1.38. The van der Waals surface area contributed by atoms with Crippen molar-refractivity contribution in [3.05, 3.63) is 72.1 Å². The zero-order valence-corrected chi connectivity index (χ0v) is 21.6. The third-order valence-electron chi connectivity index (χ3n) is 4.87. The first kappa shape index (κ1) is 29.5. The summed E-state index contributed by atoms with van der Waals surface area (Å²) in [7, 11) is 0. The van der Waals surface area contributed by atoms with E-state index in [1.54, 1.807) is 6.07 Å². The van der Waals surface area contributed by atoms with Crippen molar-refractivity contribution < 1.29 is 58.2 Å². The van der Waals surface area contributed by atoms with Crippen molar-refractivity contribution in [1.29, 1.82) is 0 Å². The van der Waals surface area contributed by atoms with Crippen LogP contribution in [0.15, 0.2) is 36.4 Å². The molecule has 7 heteroatoms. The second-order valence-electron chi connectivity index (χ2n) is 6.67. The zero-order chi connectivity index (χ0) is 20.8. The third-order valence-corrected chi connectivity index (χ3v) is 6.47. The van der Waals surface area contributed by atoms with Crippen molar-refractivity contribution in [1.82, 2.24) is 0 Å². The van der Waals surface area contributed by atoms with E-state index in [2.05, 4.69) is 6.07 Å². The van der Waals surface area contributed by atoms with Gasteiger partial charge in [0, 0.05) is 38.3 Å². The van der Waals surface area contributed by atoms with E-state index in [-0.39, 0.29) is 52.5 Å². The summed E-state index contributed by atoms with van der Waals surface area (Å²) in [6.07, 6.45) is -3.18. The molecule has 0 aromatic heterocycles. The Bertz CT molecular complexity index is 757. The summed E-state index contributed by atoms with van der Waals surface area (Å²) >= 11 is 1.16. The Labute approximate surface area is 209 Å². The van der Waals surface area contributed by atoms with Crippen LogP contribution < -0.4 is 0 Å². The van der Waals surface area contributed by atoms with Gasteiger partial charge in [-0.2, -0.15) is 35.9 Å². The van der Waals surface area contributed by atoms with E-state index in [1.165, 1.54) is 0 Å². The first-order valence-electron chi connectivity index (χ1n) is 9.50. The molecule has 0 saturated carbocycles. The normalized spacial score (nSPS) is 25.2. The van der Waals surface area contributed by atoms with E-state index in [0.29, 0.717) is 12.0 Å². The molecular weight excluding hydrogens is 477 g/mol. The summed E-state index contributed by atoms with van der Waals surface area (Å²) in [5, 5.41) is 49.1. The fourth-order valence-electron chi connectivity index (χ4n) is 3.29. The number of thioether (sulfide) groups is 1. The van der Waals surface area contributed by atoms with Gasteiger partial charge in [-0.3, -0.25) is 0 Å². The van der Waals surface area contributed by atoms with Crippen LogP contribution in [0.4, 0.5) is 0 Å². The predicted molar refractivity (Wildman–Crippen MR) is 118 cm³/mol. The number of aryl methyl sites for hydroxylation is 1. The molecule has 5 N–H and O–H groups in total.